The molecule has 1 amide bonds. The summed E-state index contributed by atoms with van der Waals surface area (Å²) in [5.74, 6) is -0.126. The number of nitrogens with zero attached hydrogens (tertiary/aromatic N) is 3. The van der Waals surface area contributed by atoms with Crippen LogP contribution in [0.25, 0.3) is 33.5 Å². The largest absolute Gasteiger partial charge is 0.302 e. The zero-order valence-corrected chi connectivity index (χ0v) is 14.7. The van der Waals surface area contributed by atoms with E-state index in [-0.39, 0.29) is 5.91 Å². The number of thiazole rings is 1. The lowest BCUT2D eigenvalue weighted by atomic mass is 10.1. The number of carbonyl (C=O) groups is 1. The third kappa shape index (κ3) is 3.38. The number of carbonyl (C=O) groups excluding carboxylic acids is 1. The number of hydrogen-bond donors (Lipinski definition) is 2. The van der Waals surface area contributed by atoms with Crippen LogP contribution in [0.1, 0.15) is 18.3 Å². The molecule has 0 saturated heterocycles. The topological polar surface area (TPSA) is 83.6 Å². The number of aromatic nitrogens is 4. The highest BCUT2D eigenvalue weighted by atomic mass is 32.1. The predicted molar refractivity (Wildman–Crippen MR) is 105 cm³/mol. The number of nitrogens with one attached hydrogen (secondary N) is 2. The fourth-order valence-electron chi connectivity index (χ4n) is 2.58. The highest BCUT2D eigenvalue weighted by Gasteiger charge is 2.09. The van der Waals surface area contributed by atoms with Crippen LogP contribution in [0.5, 0.6) is 0 Å². The molecule has 0 radical (unpaired) electrons. The van der Waals surface area contributed by atoms with Gasteiger partial charge < -0.3 is 5.32 Å². The third-order valence-corrected chi connectivity index (χ3v) is 4.73. The average Bonchev–Trinajstić information content (AvgIpc) is 3.27. The summed E-state index contributed by atoms with van der Waals surface area (Å²) in [5, 5.41) is 11.8. The van der Waals surface area contributed by atoms with Gasteiger partial charge in [-0.1, -0.05) is 23.5 Å². The Morgan fingerprint density at radius 1 is 1.19 bits per heavy atom. The van der Waals surface area contributed by atoms with Gasteiger partial charge in [-0.25, -0.2) is 4.98 Å². The second-order valence-electron chi connectivity index (χ2n) is 5.67. The first kappa shape index (κ1) is 16.2. The summed E-state index contributed by atoms with van der Waals surface area (Å²) in [4.78, 5) is 20.6. The molecular weight excluding hydrogens is 346 g/mol. The van der Waals surface area contributed by atoms with E-state index in [1.807, 2.05) is 48.6 Å². The standard InChI is InChI=1S/C19H15N5OS/c1-12(25)22-19-21-11-18(26-19)13-5-7-15-16(23-24-17(15)10-13)8-6-14-4-2-3-9-20-14/h2-11H,1H3,(H,23,24)(H,21,22,25)/b8-6+. The molecule has 26 heavy (non-hydrogen) atoms. The fourth-order valence-corrected chi connectivity index (χ4v) is 3.43. The fraction of sp³-hybridized carbons (Fsp3) is 0.0526. The monoisotopic (exact) mass is 361 g/mol. The van der Waals surface area contributed by atoms with E-state index in [0.717, 1.165) is 32.7 Å². The number of hydrogen-bond acceptors (Lipinski definition) is 5. The summed E-state index contributed by atoms with van der Waals surface area (Å²) in [5.41, 5.74) is 3.71. The number of amides is 1. The molecule has 0 atom stereocenters. The lowest BCUT2D eigenvalue weighted by molar-refractivity contribution is -0.114. The zero-order valence-electron chi connectivity index (χ0n) is 13.9. The molecule has 4 rings (SSSR count). The van der Waals surface area contributed by atoms with Crippen molar-refractivity contribution in [1.82, 2.24) is 20.2 Å². The lowest BCUT2D eigenvalue weighted by Gasteiger charge is -1.97. The lowest BCUT2D eigenvalue weighted by Crippen LogP contribution is -2.04. The molecule has 0 bridgehead atoms. The molecule has 0 fully saturated rings. The minimum atomic E-state index is -0.126. The first-order chi connectivity index (χ1) is 12.7. The Kier molecular flexibility index (Phi) is 4.28. The smallest absolute Gasteiger partial charge is 0.223 e. The van der Waals surface area contributed by atoms with Gasteiger partial charge in [-0.2, -0.15) is 5.10 Å². The minimum absolute atomic E-state index is 0.126. The molecule has 1 aromatic carbocycles. The van der Waals surface area contributed by atoms with Gasteiger partial charge in [0.25, 0.3) is 0 Å². The van der Waals surface area contributed by atoms with E-state index in [0.29, 0.717) is 5.13 Å². The molecule has 0 aliphatic carbocycles. The van der Waals surface area contributed by atoms with E-state index in [9.17, 15) is 4.79 Å². The maximum atomic E-state index is 11.1. The van der Waals surface area contributed by atoms with Crippen molar-refractivity contribution < 1.29 is 4.79 Å². The molecule has 0 saturated carbocycles. The molecule has 3 aromatic heterocycles. The minimum Gasteiger partial charge on any atom is -0.302 e. The Morgan fingerprint density at radius 2 is 2.12 bits per heavy atom. The van der Waals surface area contributed by atoms with Crippen LogP contribution in [0.2, 0.25) is 0 Å². The van der Waals surface area contributed by atoms with Gasteiger partial charge in [0.2, 0.25) is 5.91 Å². The number of pyridine rings is 1. The molecular formula is C19H15N5OS. The first-order valence-electron chi connectivity index (χ1n) is 8.00. The van der Waals surface area contributed by atoms with E-state index >= 15 is 0 Å². The van der Waals surface area contributed by atoms with E-state index in [2.05, 4.69) is 25.5 Å². The van der Waals surface area contributed by atoms with Gasteiger partial charge in [-0.3, -0.25) is 14.9 Å². The van der Waals surface area contributed by atoms with Crippen LogP contribution in [-0.2, 0) is 4.79 Å². The first-order valence-corrected chi connectivity index (χ1v) is 8.82. The number of aromatic amines is 1. The van der Waals surface area contributed by atoms with Gasteiger partial charge in [0.1, 0.15) is 0 Å². The Labute approximate surface area is 153 Å². The molecule has 0 aliphatic heterocycles. The summed E-state index contributed by atoms with van der Waals surface area (Å²) >= 11 is 1.44. The second-order valence-corrected chi connectivity index (χ2v) is 6.70. The van der Waals surface area contributed by atoms with E-state index in [1.165, 1.54) is 18.3 Å². The van der Waals surface area contributed by atoms with Crippen LogP contribution >= 0.6 is 11.3 Å². The van der Waals surface area contributed by atoms with Crippen LogP contribution in [0.3, 0.4) is 0 Å². The van der Waals surface area contributed by atoms with Crippen molar-refractivity contribution in [3.8, 4) is 10.4 Å². The number of benzene rings is 1. The van der Waals surface area contributed by atoms with Crippen molar-refractivity contribution in [2.75, 3.05) is 5.32 Å². The number of fused-ring (bicyclic) bond motifs is 1. The van der Waals surface area contributed by atoms with Gasteiger partial charge in [0.15, 0.2) is 5.13 Å². The van der Waals surface area contributed by atoms with Crippen molar-refractivity contribution >= 4 is 45.4 Å². The second kappa shape index (κ2) is 6.89. The Balaban J connectivity index is 1.62. The van der Waals surface area contributed by atoms with Crippen LogP contribution in [0, 0.1) is 0 Å². The summed E-state index contributed by atoms with van der Waals surface area (Å²) in [6.45, 7) is 1.47. The van der Waals surface area contributed by atoms with Gasteiger partial charge in [-0.05, 0) is 42.0 Å². The number of anilines is 1. The van der Waals surface area contributed by atoms with E-state index < -0.39 is 0 Å². The highest BCUT2D eigenvalue weighted by Crippen LogP contribution is 2.31. The van der Waals surface area contributed by atoms with Crippen molar-refractivity contribution in [2.24, 2.45) is 0 Å². The van der Waals surface area contributed by atoms with Crippen LogP contribution < -0.4 is 5.32 Å². The maximum Gasteiger partial charge on any atom is 0.223 e. The number of rotatable bonds is 4. The normalized spacial score (nSPS) is 11.3. The van der Waals surface area contributed by atoms with Crippen molar-refractivity contribution in [3.05, 3.63) is 60.2 Å². The molecule has 2 N–H and O–H groups in total. The summed E-state index contributed by atoms with van der Waals surface area (Å²) < 4.78 is 0. The van der Waals surface area contributed by atoms with Crippen LogP contribution in [-0.4, -0.2) is 26.1 Å². The molecule has 7 heteroatoms. The molecule has 4 aromatic rings. The SMILES string of the molecule is CC(=O)Nc1ncc(-c2ccc3c(/C=C/c4ccccn4)n[nH]c3c2)s1. The van der Waals surface area contributed by atoms with Gasteiger partial charge in [0.05, 0.1) is 21.8 Å². The van der Waals surface area contributed by atoms with Gasteiger partial charge in [-0.15, -0.1) is 0 Å². The van der Waals surface area contributed by atoms with Gasteiger partial charge in [0, 0.05) is 24.7 Å². The Morgan fingerprint density at radius 3 is 2.92 bits per heavy atom. The summed E-state index contributed by atoms with van der Waals surface area (Å²) in [6, 6.07) is 11.9. The highest BCUT2D eigenvalue weighted by molar-refractivity contribution is 7.19. The Hall–Kier alpha value is -3.32. The predicted octanol–water partition coefficient (Wildman–Crippen LogP) is 4.21. The molecule has 6 nitrogen and oxygen atoms in total. The van der Waals surface area contributed by atoms with Crippen molar-refractivity contribution in [3.63, 3.8) is 0 Å². The van der Waals surface area contributed by atoms with Crippen LogP contribution in [0.4, 0.5) is 5.13 Å². The van der Waals surface area contributed by atoms with Crippen molar-refractivity contribution in [1.29, 1.82) is 0 Å². The van der Waals surface area contributed by atoms with Crippen molar-refractivity contribution in [2.45, 2.75) is 6.92 Å². The number of H-pyrrole nitrogens is 1. The summed E-state index contributed by atoms with van der Waals surface area (Å²) in [6.07, 6.45) is 7.41. The average molecular weight is 361 g/mol. The van der Waals surface area contributed by atoms with Crippen LogP contribution in [0.15, 0.2) is 48.8 Å². The molecule has 3 heterocycles. The molecule has 128 valence electrons. The Bertz CT molecular complexity index is 1100. The summed E-state index contributed by atoms with van der Waals surface area (Å²) in [7, 11) is 0. The third-order valence-electron chi connectivity index (χ3n) is 3.77. The molecule has 0 unspecified atom stereocenters. The van der Waals surface area contributed by atoms with E-state index in [4.69, 9.17) is 0 Å². The molecule has 0 spiro atoms. The van der Waals surface area contributed by atoms with E-state index in [1.54, 1.807) is 12.4 Å². The molecule has 0 aliphatic rings. The van der Waals surface area contributed by atoms with Gasteiger partial charge >= 0.3 is 0 Å². The maximum absolute atomic E-state index is 11.1. The zero-order chi connectivity index (χ0) is 17.9. The quantitative estimate of drug-likeness (QED) is 0.570.